The Bertz CT molecular complexity index is 1010. The van der Waals surface area contributed by atoms with Crippen molar-refractivity contribution in [2.24, 2.45) is 0 Å². The van der Waals surface area contributed by atoms with Crippen molar-refractivity contribution in [3.05, 3.63) is 53.6 Å². The molecule has 0 saturated carbocycles. The summed E-state index contributed by atoms with van der Waals surface area (Å²) < 4.78 is 6.95. The summed E-state index contributed by atoms with van der Waals surface area (Å²) in [6, 6.07) is 14.5. The molecule has 1 aromatic heterocycles. The van der Waals surface area contributed by atoms with Gasteiger partial charge in [0.2, 0.25) is 5.91 Å². The van der Waals surface area contributed by atoms with Crippen LogP contribution in [-0.4, -0.2) is 35.4 Å². The van der Waals surface area contributed by atoms with Gasteiger partial charge in [0.25, 0.3) is 0 Å². The number of carbonyl (C=O) groups is 1. The third-order valence-corrected chi connectivity index (χ3v) is 7.26. The Morgan fingerprint density at radius 1 is 1.27 bits per heavy atom. The molecule has 4 nitrogen and oxygen atoms in total. The van der Waals surface area contributed by atoms with E-state index in [0.717, 1.165) is 45.9 Å². The van der Waals surface area contributed by atoms with Crippen LogP contribution in [0, 0.1) is 6.92 Å². The van der Waals surface area contributed by atoms with E-state index in [0.29, 0.717) is 18.2 Å². The molecule has 1 unspecified atom stereocenters. The molecule has 1 amide bonds. The first-order chi connectivity index (χ1) is 14.5. The number of rotatable bonds is 7. The smallest absolute Gasteiger partial charge is 0.233 e. The number of nitrogens with zero attached hydrogens (tertiary/aromatic N) is 2. The predicted molar refractivity (Wildman–Crippen MR) is 127 cm³/mol. The quantitative estimate of drug-likeness (QED) is 0.432. The van der Waals surface area contributed by atoms with Crippen LogP contribution in [0.4, 0.5) is 5.13 Å². The first-order valence-corrected chi connectivity index (χ1v) is 12.2. The molecule has 2 heterocycles. The van der Waals surface area contributed by atoms with E-state index < -0.39 is 0 Å². The number of benzene rings is 2. The van der Waals surface area contributed by atoms with Crippen LogP contribution in [-0.2, 0) is 16.0 Å². The summed E-state index contributed by atoms with van der Waals surface area (Å²) in [5.41, 5.74) is 3.15. The molecule has 0 N–H and O–H groups in total. The van der Waals surface area contributed by atoms with Gasteiger partial charge in [0.05, 0.1) is 29.3 Å². The number of para-hydroxylation sites is 1. The monoisotopic (exact) mass is 440 g/mol. The maximum Gasteiger partial charge on any atom is 0.233 e. The number of thioether (sulfide) groups is 1. The van der Waals surface area contributed by atoms with Gasteiger partial charge in [-0.05, 0) is 49.1 Å². The van der Waals surface area contributed by atoms with Crippen molar-refractivity contribution in [1.82, 2.24) is 4.98 Å². The van der Waals surface area contributed by atoms with Crippen LogP contribution in [0.15, 0.2) is 47.4 Å². The van der Waals surface area contributed by atoms with Gasteiger partial charge in [-0.25, -0.2) is 4.98 Å². The highest BCUT2D eigenvalue weighted by atomic mass is 32.2. The minimum Gasteiger partial charge on any atom is -0.376 e. The number of anilines is 1. The van der Waals surface area contributed by atoms with E-state index in [1.54, 1.807) is 11.3 Å². The molecule has 0 spiro atoms. The van der Waals surface area contributed by atoms with Crippen molar-refractivity contribution >= 4 is 44.4 Å². The van der Waals surface area contributed by atoms with E-state index in [9.17, 15) is 4.79 Å². The molecule has 1 fully saturated rings. The van der Waals surface area contributed by atoms with Crippen molar-refractivity contribution in [3.8, 4) is 0 Å². The van der Waals surface area contributed by atoms with Crippen LogP contribution in [0.25, 0.3) is 10.2 Å². The average molecular weight is 441 g/mol. The van der Waals surface area contributed by atoms with Gasteiger partial charge in [-0.3, -0.25) is 9.69 Å². The summed E-state index contributed by atoms with van der Waals surface area (Å²) in [5.74, 6) is 0.0754. The Balaban J connectivity index is 1.56. The lowest BCUT2D eigenvalue weighted by Gasteiger charge is -2.23. The van der Waals surface area contributed by atoms with Gasteiger partial charge in [0, 0.05) is 16.8 Å². The number of carbonyl (C=O) groups excluding carboxylic acids is 1. The van der Waals surface area contributed by atoms with Gasteiger partial charge >= 0.3 is 0 Å². The van der Waals surface area contributed by atoms with Crippen LogP contribution in [0.3, 0.4) is 0 Å². The molecule has 2 aromatic carbocycles. The van der Waals surface area contributed by atoms with Gasteiger partial charge in [0.1, 0.15) is 0 Å². The van der Waals surface area contributed by atoms with Crippen molar-refractivity contribution < 1.29 is 9.53 Å². The molecular formula is C24H28N2O2S2. The lowest BCUT2D eigenvalue weighted by atomic mass is 10.1. The third kappa shape index (κ3) is 5.05. The number of hydrogen-bond acceptors (Lipinski definition) is 5. The second kappa shape index (κ2) is 9.50. The second-order valence-corrected chi connectivity index (χ2v) is 10.7. The van der Waals surface area contributed by atoms with E-state index in [2.05, 4.69) is 57.2 Å². The van der Waals surface area contributed by atoms with Gasteiger partial charge in [-0.1, -0.05) is 49.4 Å². The molecule has 6 heteroatoms. The Labute approximate surface area is 186 Å². The third-order valence-electron chi connectivity index (χ3n) is 5.20. The molecule has 158 valence electrons. The van der Waals surface area contributed by atoms with Crippen molar-refractivity contribution in [2.75, 3.05) is 18.1 Å². The fourth-order valence-electron chi connectivity index (χ4n) is 3.70. The molecule has 1 saturated heterocycles. The standard InChI is InChI=1S/C24H28N2O2S2/c1-16(2)29-20-11-9-18(10-12-20)14-22(27)26(15-19-7-5-13-28-19)24-25-23-17(3)6-4-8-21(23)30-24/h4,6,8-12,16,19H,5,7,13-15H2,1-3H3. The van der Waals surface area contributed by atoms with Crippen LogP contribution >= 0.6 is 23.1 Å². The molecule has 1 aliphatic heterocycles. The summed E-state index contributed by atoms with van der Waals surface area (Å²) in [6.45, 7) is 7.78. The molecule has 3 aromatic rings. The first-order valence-electron chi connectivity index (χ1n) is 10.5. The van der Waals surface area contributed by atoms with E-state index in [-0.39, 0.29) is 12.0 Å². The first kappa shape index (κ1) is 21.3. The molecule has 4 rings (SSSR count). The van der Waals surface area contributed by atoms with Crippen LogP contribution in [0.5, 0.6) is 0 Å². The highest BCUT2D eigenvalue weighted by Crippen LogP contribution is 2.32. The average Bonchev–Trinajstić information content (AvgIpc) is 3.37. The SMILES string of the molecule is Cc1cccc2sc(N(CC3CCCO3)C(=O)Cc3ccc(SC(C)C)cc3)nc12. The van der Waals surface area contributed by atoms with Gasteiger partial charge in [0.15, 0.2) is 5.13 Å². The van der Waals surface area contributed by atoms with Crippen molar-refractivity contribution in [3.63, 3.8) is 0 Å². The summed E-state index contributed by atoms with van der Waals surface area (Å²) >= 11 is 3.42. The molecule has 0 aliphatic carbocycles. The Morgan fingerprint density at radius 3 is 2.73 bits per heavy atom. The Hall–Kier alpha value is -1.89. The minimum absolute atomic E-state index is 0.0754. The maximum absolute atomic E-state index is 13.4. The zero-order valence-electron chi connectivity index (χ0n) is 17.8. The summed E-state index contributed by atoms with van der Waals surface area (Å²) in [7, 11) is 0. The number of hydrogen-bond donors (Lipinski definition) is 0. The maximum atomic E-state index is 13.4. The lowest BCUT2D eigenvalue weighted by molar-refractivity contribution is -0.118. The Morgan fingerprint density at radius 2 is 2.07 bits per heavy atom. The fraction of sp³-hybridized carbons (Fsp3) is 0.417. The summed E-state index contributed by atoms with van der Waals surface area (Å²) in [5, 5.41) is 1.31. The van der Waals surface area contributed by atoms with Crippen LogP contribution in [0.1, 0.15) is 37.8 Å². The highest BCUT2D eigenvalue weighted by molar-refractivity contribution is 7.99. The zero-order chi connectivity index (χ0) is 21.1. The van der Waals surface area contributed by atoms with Gasteiger partial charge < -0.3 is 4.74 Å². The Kier molecular flexibility index (Phi) is 6.76. The fourth-order valence-corrected chi connectivity index (χ4v) is 5.60. The summed E-state index contributed by atoms with van der Waals surface area (Å²) in [6.07, 6.45) is 2.51. The number of fused-ring (bicyclic) bond motifs is 1. The van der Waals surface area contributed by atoms with Crippen molar-refractivity contribution in [1.29, 1.82) is 0 Å². The molecule has 0 radical (unpaired) electrons. The van der Waals surface area contributed by atoms with Gasteiger partial charge in [-0.15, -0.1) is 11.8 Å². The van der Waals surface area contributed by atoms with Crippen LogP contribution in [0.2, 0.25) is 0 Å². The minimum atomic E-state index is 0.0754. The molecule has 1 aliphatic rings. The predicted octanol–water partition coefficient (Wildman–Crippen LogP) is 5.86. The van der Waals surface area contributed by atoms with E-state index in [1.165, 1.54) is 4.90 Å². The number of amides is 1. The highest BCUT2D eigenvalue weighted by Gasteiger charge is 2.26. The number of aryl methyl sites for hydroxylation is 1. The number of thiazole rings is 1. The largest absolute Gasteiger partial charge is 0.376 e. The van der Waals surface area contributed by atoms with E-state index in [1.807, 2.05) is 22.7 Å². The van der Waals surface area contributed by atoms with E-state index >= 15 is 0 Å². The lowest BCUT2D eigenvalue weighted by Crippen LogP contribution is -2.38. The topological polar surface area (TPSA) is 42.4 Å². The molecule has 0 bridgehead atoms. The second-order valence-electron chi connectivity index (χ2n) is 8.04. The number of ether oxygens (including phenoxy) is 1. The normalized spacial score (nSPS) is 16.5. The molecule has 30 heavy (non-hydrogen) atoms. The van der Waals surface area contributed by atoms with E-state index in [4.69, 9.17) is 9.72 Å². The molecular weight excluding hydrogens is 412 g/mol. The molecule has 1 atom stereocenters. The van der Waals surface area contributed by atoms with Crippen molar-refractivity contribution in [2.45, 2.75) is 56.3 Å². The van der Waals surface area contributed by atoms with Gasteiger partial charge in [-0.2, -0.15) is 0 Å². The van der Waals surface area contributed by atoms with Crippen LogP contribution < -0.4 is 4.90 Å². The number of aromatic nitrogens is 1. The zero-order valence-corrected chi connectivity index (χ0v) is 19.4. The summed E-state index contributed by atoms with van der Waals surface area (Å²) in [4.78, 5) is 21.3.